The molecule has 0 N–H and O–H groups in total. The molecule has 1 aromatic carbocycles. The van der Waals surface area contributed by atoms with E-state index in [9.17, 15) is 0 Å². The van der Waals surface area contributed by atoms with Crippen molar-refractivity contribution in [3.63, 3.8) is 0 Å². The number of rotatable bonds is 2. The van der Waals surface area contributed by atoms with E-state index >= 15 is 0 Å². The fraction of sp³-hybridized carbons (Fsp3) is 0. The second-order valence-electron chi connectivity index (χ2n) is 2.87. The molecule has 0 aliphatic rings. The zero-order valence-corrected chi connectivity index (χ0v) is 8.86. The molecule has 76 valence electrons. The van der Waals surface area contributed by atoms with Crippen LogP contribution < -0.4 is 4.74 Å². The van der Waals surface area contributed by atoms with Gasteiger partial charge in [0.05, 0.1) is 23.3 Å². The Morgan fingerprint density at radius 2 is 1.81 bits per heavy atom. The molecule has 1 aromatic heterocycles. The van der Waals surface area contributed by atoms with Crippen LogP contribution in [0.5, 0.6) is 10.9 Å². The van der Waals surface area contributed by atoms with Gasteiger partial charge in [0.2, 0.25) is 0 Å². The molecule has 0 fully saturated rings. The zero-order valence-electron chi connectivity index (χ0n) is 8.04. The molecule has 1 heterocycles. The van der Waals surface area contributed by atoms with Crippen LogP contribution in [-0.2, 0) is 0 Å². The highest BCUT2D eigenvalue weighted by Gasteiger charge is 2.04. The lowest BCUT2D eigenvalue weighted by molar-refractivity contribution is 0.478. The molecular weight excluding hydrogens is 222 g/mol. The van der Waals surface area contributed by atoms with E-state index in [1.54, 1.807) is 23.7 Å². The summed E-state index contributed by atoms with van der Waals surface area (Å²) in [6.07, 6.45) is 1.62. The maximum absolute atomic E-state index is 8.78. The maximum Gasteiger partial charge on any atom is 0.278 e. The molecule has 0 saturated heterocycles. The Kier molecular flexibility index (Phi) is 2.81. The Hall–Kier alpha value is -2.37. The lowest BCUT2D eigenvalue weighted by Crippen LogP contribution is -1.86. The second kappa shape index (κ2) is 4.43. The molecule has 0 amide bonds. The van der Waals surface area contributed by atoms with Crippen molar-refractivity contribution in [2.75, 3.05) is 0 Å². The molecule has 4 nitrogen and oxygen atoms in total. The van der Waals surface area contributed by atoms with E-state index < -0.39 is 0 Å². The van der Waals surface area contributed by atoms with E-state index in [1.807, 2.05) is 12.1 Å². The number of thiazole rings is 1. The topological polar surface area (TPSA) is 69.7 Å². The molecule has 0 saturated carbocycles. The van der Waals surface area contributed by atoms with Crippen molar-refractivity contribution in [3.05, 3.63) is 40.9 Å². The van der Waals surface area contributed by atoms with Crippen molar-refractivity contribution in [1.29, 1.82) is 10.5 Å². The van der Waals surface area contributed by atoms with Crippen LogP contribution >= 0.6 is 11.3 Å². The maximum atomic E-state index is 8.78. The third-order valence-corrected chi connectivity index (χ3v) is 2.43. The van der Waals surface area contributed by atoms with Gasteiger partial charge >= 0.3 is 0 Å². The van der Waals surface area contributed by atoms with Gasteiger partial charge < -0.3 is 4.74 Å². The smallest absolute Gasteiger partial charge is 0.278 e. The number of nitrogens with zero attached hydrogens (tertiary/aromatic N) is 3. The van der Waals surface area contributed by atoms with Gasteiger partial charge in [0, 0.05) is 11.6 Å². The monoisotopic (exact) mass is 227 g/mol. The number of nitriles is 2. The average molecular weight is 227 g/mol. The minimum absolute atomic E-state index is 0.394. The van der Waals surface area contributed by atoms with Crippen LogP contribution in [0, 0.1) is 22.7 Å². The van der Waals surface area contributed by atoms with Crippen molar-refractivity contribution in [2.24, 2.45) is 0 Å². The van der Waals surface area contributed by atoms with Crippen LogP contribution in [0.2, 0.25) is 0 Å². The van der Waals surface area contributed by atoms with Gasteiger partial charge in [-0.15, -0.1) is 0 Å². The quantitative estimate of drug-likeness (QED) is 0.790. The first-order chi connectivity index (χ1) is 7.81. The molecule has 2 aromatic rings. The largest absolute Gasteiger partial charge is 0.431 e. The highest BCUT2D eigenvalue weighted by atomic mass is 32.1. The highest BCUT2D eigenvalue weighted by molar-refractivity contribution is 7.11. The first-order valence-electron chi connectivity index (χ1n) is 4.34. The van der Waals surface area contributed by atoms with Crippen molar-refractivity contribution in [2.45, 2.75) is 0 Å². The third kappa shape index (κ3) is 2.17. The number of aromatic nitrogens is 1. The third-order valence-electron chi connectivity index (χ3n) is 1.78. The molecule has 0 aliphatic heterocycles. The van der Waals surface area contributed by atoms with Crippen molar-refractivity contribution >= 4 is 11.3 Å². The lowest BCUT2D eigenvalue weighted by atomic mass is 10.1. The van der Waals surface area contributed by atoms with Crippen LogP contribution in [-0.4, -0.2) is 4.98 Å². The summed E-state index contributed by atoms with van der Waals surface area (Å²) in [6.45, 7) is 0. The Bertz CT molecular complexity index is 546. The predicted octanol–water partition coefficient (Wildman–Crippen LogP) is 2.68. The van der Waals surface area contributed by atoms with Gasteiger partial charge in [-0.2, -0.15) is 10.5 Å². The molecule has 5 heteroatoms. The van der Waals surface area contributed by atoms with Crippen molar-refractivity contribution in [1.82, 2.24) is 4.98 Å². The van der Waals surface area contributed by atoms with E-state index in [4.69, 9.17) is 15.3 Å². The number of hydrogen-bond donors (Lipinski definition) is 0. The van der Waals surface area contributed by atoms with Crippen molar-refractivity contribution in [3.8, 4) is 23.1 Å². The summed E-state index contributed by atoms with van der Waals surface area (Å²) >= 11 is 1.35. The molecule has 0 radical (unpaired) electrons. The Morgan fingerprint density at radius 3 is 2.31 bits per heavy atom. The zero-order chi connectivity index (χ0) is 11.4. The highest BCUT2D eigenvalue weighted by Crippen LogP contribution is 2.25. The Labute approximate surface area is 96.0 Å². The van der Waals surface area contributed by atoms with E-state index in [2.05, 4.69) is 4.98 Å². The van der Waals surface area contributed by atoms with Crippen LogP contribution in [0.25, 0.3) is 0 Å². The molecule has 0 bridgehead atoms. The molecule has 0 aliphatic carbocycles. The fourth-order valence-electron chi connectivity index (χ4n) is 1.15. The molecule has 0 spiro atoms. The summed E-state index contributed by atoms with van der Waals surface area (Å²) < 4.78 is 5.41. The first kappa shape index (κ1) is 10.2. The number of ether oxygens (including phenoxy) is 1. The van der Waals surface area contributed by atoms with E-state index in [0.29, 0.717) is 22.1 Å². The standard InChI is InChI=1S/C11H5N3OS/c12-6-8-3-9(7-13)5-10(4-8)15-11-14-1-2-16-11/h1-5H. The summed E-state index contributed by atoms with van der Waals surface area (Å²) in [7, 11) is 0. The molecular formula is C11H5N3OS. The van der Waals surface area contributed by atoms with E-state index in [0.717, 1.165) is 0 Å². The van der Waals surface area contributed by atoms with Crippen LogP contribution in [0.4, 0.5) is 0 Å². The van der Waals surface area contributed by atoms with Gasteiger partial charge in [0.1, 0.15) is 5.75 Å². The van der Waals surface area contributed by atoms with Crippen LogP contribution in [0.3, 0.4) is 0 Å². The SMILES string of the molecule is N#Cc1cc(C#N)cc(Oc2nccs2)c1. The minimum atomic E-state index is 0.394. The first-order valence-corrected chi connectivity index (χ1v) is 5.22. The molecule has 0 unspecified atom stereocenters. The summed E-state index contributed by atoms with van der Waals surface area (Å²) in [5, 5.41) is 19.8. The second-order valence-corrected chi connectivity index (χ2v) is 3.73. The van der Waals surface area contributed by atoms with Gasteiger partial charge in [-0.05, 0) is 18.2 Å². The normalized spacial score (nSPS) is 9.12. The van der Waals surface area contributed by atoms with E-state index in [-0.39, 0.29) is 0 Å². The Balaban J connectivity index is 2.35. The summed E-state index contributed by atoms with van der Waals surface area (Å²) in [5.74, 6) is 0.450. The molecule has 0 atom stereocenters. The van der Waals surface area contributed by atoms with Gasteiger partial charge in [-0.1, -0.05) is 11.3 Å². The van der Waals surface area contributed by atoms with Crippen LogP contribution in [0.15, 0.2) is 29.8 Å². The molecule has 16 heavy (non-hydrogen) atoms. The lowest BCUT2D eigenvalue weighted by Gasteiger charge is -2.02. The average Bonchev–Trinajstić information content (AvgIpc) is 2.81. The van der Waals surface area contributed by atoms with Crippen LogP contribution in [0.1, 0.15) is 11.1 Å². The molecule has 2 rings (SSSR count). The van der Waals surface area contributed by atoms with Gasteiger partial charge in [0.25, 0.3) is 5.19 Å². The van der Waals surface area contributed by atoms with Gasteiger partial charge in [-0.3, -0.25) is 0 Å². The predicted molar refractivity (Wildman–Crippen MR) is 58.1 cm³/mol. The van der Waals surface area contributed by atoms with E-state index in [1.165, 1.54) is 17.4 Å². The number of benzene rings is 1. The summed E-state index contributed by atoms with van der Waals surface area (Å²) in [6, 6.07) is 8.60. The fourth-order valence-corrected chi connectivity index (χ4v) is 1.65. The van der Waals surface area contributed by atoms with Crippen molar-refractivity contribution < 1.29 is 4.74 Å². The Morgan fingerprint density at radius 1 is 1.12 bits per heavy atom. The summed E-state index contributed by atoms with van der Waals surface area (Å²) in [4.78, 5) is 3.95. The summed E-state index contributed by atoms with van der Waals surface area (Å²) in [5.41, 5.74) is 0.788. The van der Waals surface area contributed by atoms with Gasteiger partial charge in [0.15, 0.2) is 0 Å². The minimum Gasteiger partial charge on any atom is -0.431 e. The van der Waals surface area contributed by atoms with Gasteiger partial charge in [-0.25, -0.2) is 4.98 Å². The number of hydrogen-bond acceptors (Lipinski definition) is 5.